The molecule has 114 valence electrons. The summed E-state index contributed by atoms with van der Waals surface area (Å²) >= 11 is 0. The number of anilines is 1. The van der Waals surface area contributed by atoms with Gasteiger partial charge >= 0.3 is 0 Å². The van der Waals surface area contributed by atoms with E-state index in [2.05, 4.69) is 19.2 Å². The molecule has 0 aromatic heterocycles. The van der Waals surface area contributed by atoms with E-state index in [9.17, 15) is 8.78 Å². The molecule has 0 amide bonds. The molecule has 1 unspecified atom stereocenters. The Morgan fingerprint density at radius 2 is 1.70 bits per heavy atom. The fraction of sp³-hybridized carbons (Fsp3) is 0.625. The average molecular weight is 284 g/mol. The van der Waals surface area contributed by atoms with E-state index in [1.54, 1.807) is 11.9 Å². The Kier molecular flexibility index (Phi) is 6.40. The van der Waals surface area contributed by atoms with E-state index in [4.69, 9.17) is 0 Å². The van der Waals surface area contributed by atoms with Crippen molar-refractivity contribution in [1.29, 1.82) is 0 Å². The van der Waals surface area contributed by atoms with E-state index in [1.165, 1.54) is 12.1 Å². The molecule has 0 heterocycles. The fourth-order valence-electron chi connectivity index (χ4n) is 2.39. The second-order valence-corrected chi connectivity index (χ2v) is 5.78. The van der Waals surface area contributed by atoms with Gasteiger partial charge in [-0.2, -0.15) is 0 Å². The van der Waals surface area contributed by atoms with E-state index in [1.807, 2.05) is 13.8 Å². The number of nitrogens with one attached hydrogen (secondary N) is 1. The molecular weight excluding hydrogens is 258 g/mol. The molecule has 0 spiro atoms. The zero-order valence-electron chi connectivity index (χ0n) is 13.1. The van der Waals surface area contributed by atoms with Crippen LogP contribution in [0.15, 0.2) is 12.1 Å². The second kappa shape index (κ2) is 7.58. The van der Waals surface area contributed by atoms with Crippen LogP contribution in [0.3, 0.4) is 0 Å². The van der Waals surface area contributed by atoms with Gasteiger partial charge in [-0.25, -0.2) is 8.78 Å². The normalized spacial score (nSPS) is 12.8. The lowest BCUT2D eigenvalue weighted by Crippen LogP contribution is -2.31. The first kappa shape index (κ1) is 16.9. The van der Waals surface area contributed by atoms with Crippen LogP contribution in [0.5, 0.6) is 0 Å². The van der Waals surface area contributed by atoms with Gasteiger partial charge in [-0.3, -0.25) is 0 Å². The zero-order valence-corrected chi connectivity index (χ0v) is 13.1. The van der Waals surface area contributed by atoms with Gasteiger partial charge < -0.3 is 10.2 Å². The number of rotatable bonds is 7. The molecule has 0 fully saturated rings. The van der Waals surface area contributed by atoms with Crippen LogP contribution in [0.2, 0.25) is 0 Å². The molecule has 2 nitrogen and oxygen atoms in total. The SMILES string of the molecule is CCNCc1cc(F)c(N(C)C(C)CC(C)C)c(F)c1. The molecular formula is C16H26F2N2. The molecule has 1 rings (SSSR count). The highest BCUT2D eigenvalue weighted by Crippen LogP contribution is 2.27. The lowest BCUT2D eigenvalue weighted by Gasteiger charge is -2.29. The summed E-state index contributed by atoms with van der Waals surface area (Å²) in [5.41, 5.74) is 0.703. The Morgan fingerprint density at radius 1 is 1.15 bits per heavy atom. The van der Waals surface area contributed by atoms with Crippen molar-refractivity contribution in [2.45, 2.75) is 46.7 Å². The van der Waals surface area contributed by atoms with Gasteiger partial charge in [-0.15, -0.1) is 0 Å². The maximum absolute atomic E-state index is 14.2. The summed E-state index contributed by atoms with van der Waals surface area (Å²) in [5.74, 6) is -0.487. The van der Waals surface area contributed by atoms with Crippen molar-refractivity contribution < 1.29 is 8.78 Å². The predicted octanol–water partition coefficient (Wildman–Crippen LogP) is 3.95. The molecule has 0 radical (unpaired) electrons. The maximum atomic E-state index is 14.2. The van der Waals surface area contributed by atoms with Crippen LogP contribution in [0, 0.1) is 17.6 Å². The summed E-state index contributed by atoms with van der Waals surface area (Å²) < 4.78 is 28.4. The molecule has 1 aromatic carbocycles. The van der Waals surface area contributed by atoms with Crippen LogP contribution in [-0.2, 0) is 6.54 Å². The van der Waals surface area contributed by atoms with Crippen molar-refractivity contribution in [3.63, 3.8) is 0 Å². The van der Waals surface area contributed by atoms with Crippen LogP contribution in [0.25, 0.3) is 0 Å². The van der Waals surface area contributed by atoms with Crippen LogP contribution in [-0.4, -0.2) is 19.6 Å². The molecule has 0 aliphatic carbocycles. The Morgan fingerprint density at radius 3 is 2.15 bits per heavy atom. The van der Waals surface area contributed by atoms with Gasteiger partial charge in [0.2, 0.25) is 0 Å². The van der Waals surface area contributed by atoms with Gasteiger partial charge in [-0.1, -0.05) is 20.8 Å². The summed E-state index contributed by atoms with van der Waals surface area (Å²) in [5, 5.41) is 3.07. The summed E-state index contributed by atoms with van der Waals surface area (Å²) in [7, 11) is 1.75. The molecule has 0 saturated carbocycles. The quantitative estimate of drug-likeness (QED) is 0.815. The highest BCUT2D eigenvalue weighted by atomic mass is 19.1. The number of halogens is 2. The number of nitrogens with zero attached hydrogens (tertiary/aromatic N) is 1. The molecule has 1 atom stereocenters. The summed E-state index contributed by atoms with van der Waals surface area (Å²) in [6.07, 6.45) is 0.897. The van der Waals surface area contributed by atoms with E-state index in [0.717, 1.165) is 13.0 Å². The highest BCUT2D eigenvalue weighted by Gasteiger charge is 2.20. The third kappa shape index (κ3) is 4.44. The molecule has 0 aliphatic rings. The first-order valence-corrected chi connectivity index (χ1v) is 7.28. The van der Waals surface area contributed by atoms with Crippen molar-refractivity contribution in [3.05, 3.63) is 29.3 Å². The molecule has 0 bridgehead atoms. The van der Waals surface area contributed by atoms with Crippen molar-refractivity contribution >= 4 is 5.69 Å². The zero-order chi connectivity index (χ0) is 15.3. The van der Waals surface area contributed by atoms with Crippen molar-refractivity contribution in [2.24, 2.45) is 5.92 Å². The minimum absolute atomic E-state index is 0.0680. The van der Waals surface area contributed by atoms with Crippen molar-refractivity contribution in [1.82, 2.24) is 5.32 Å². The van der Waals surface area contributed by atoms with E-state index < -0.39 is 11.6 Å². The summed E-state index contributed by atoms with van der Waals surface area (Å²) in [6, 6.07) is 2.93. The Bertz CT molecular complexity index is 409. The molecule has 1 N–H and O–H groups in total. The Labute approximate surface area is 121 Å². The van der Waals surface area contributed by atoms with Gasteiger partial charge in [0, 0.05) is 19.6 Å². The minimum Gasteiger partial charge on any atom is -0.367 e. The largest absolute Gasteiger partial charge is 0.367 e. The molecule has 20 heavy (non-hydrogen) atoms. The van der Waals surface area contributed by atoms with E-state index in [0.29, 0.717) is 18.0 Å². The van der Waals surface area contributed by atoms with Crippen molar-refractivity contribution in [3.8, 4) is 0 Å². The third-order valence-corrected chi connectivity index (χ3v) is 3.48. The topological polar surface area (TPSA) is 15.3 Å². The van der Waals surface area contributed by atoms with Gasteiger partial charge in [-0.05, 0) is 43.5 Å². The van der Waals surface area contributed by atoms with Gasteiger partial charge in [0.1, 0.15) is 17.3 Å². The summed E-state index contributed by atoms with van der Waals surface area (Å²) in [4.78, 5) is 1.70. The summed E-state index contributed by atoms with van der Waals surface area (Å²) in [6.45, 7) is 9.42. The maximum Gasteiger partial charge on any atom is 0.149 e. The van der Waals surface area contributed by atoms with E-state index in [-0.39, 0.29) is 11.7 Å². The van der Waals surface area contributed by atoms with Gasteiger partial charge in [0.15, 0.2) is 0 Å². The van der Waals surface area contributed by atoms with Gasteiger partial charge in [0.25, 0.3) is 0 Å². The predicted molar refractivity (Wildman–Crippen MR) is 81.1 cm³/mol. The van der Waals surface area contributed by atoms with Crippen LogP contribution in [0.4, 0.5) is 14.5 Å². The minimum atomic E-state index is -0.490. The van der Waals surface area contributed by atoms with Crippen LogP contribution >= 0.6 is 0 Å². The van der Waals surface area contributed by atoms with Crippen LogP contribution < -0.4 is 10.2 Å². The Hall–Kier alpha value is -1.16. The number of hydrogen-bond acceptors (Lipinski definition) is 2. The fourth-order valence-corrected chi connectivity index (χ4v) is 2.39. The second-order valence-electron chi connectivity index (χ2n) is 5.78. The number of benzene rings is 1. The highest BCUT2D eigenvalue weighted by molar-refractivity contribution is 5.50. The molecule has 0 saturated heterocycles. The standard InChI is InChI=1S/C16H26F2N2/c1-6-19-10-13-8-14(17)16(15(18)9-13)20(5)12(4)7-11(2)3/h8-9,11-12,19H,6-7,10H2,1-5H3. The number of hydrogen-bond donors (Lipinski definition) is 1. The first-order chi connectivity index (χ1) is 9.36. The van der Waals surface area contributed by atoms with Crippen molar-refractivity contribution in [2.75, 3.05) is 18.5 Å². The van der Waals surface area contributed by atoms with Crippen LogP contribution in [0.1, 0.15) is 39.7 Å². The first-order valence-electron chi connectivity index (χ1n) is 7.28. The monoisotopic (exact) mass is 284 g/mol. The smallest absolute Gasteiger partial charge is 0.149 e. The average Bonchev–Trinajstić information content (AvgIpc) is 2.34. The molecule has 4 heteroatoms. The molecule has 1 aromatic rings. The van der Waals surface area contributed by atoms with E-state index >= 15 is 0 Å². The lowest BCUT2D eigenvalue weighted by molar-refractivity contribution is 0.488. The third-order valence-electron chi connectivity index (χ3n) is 3.48. The Balaban J connectivity index is 2.95. The van der Waals surface area contributed by atoms with Gasteiger partial charge in [0.05, 0.1) is 0 Å². The molecule has 0 aliphatic heterocycles. The lowest BCUT2D eigenvalue weighted by atomic mass is 10.0.